The van der Waals surface area contributed by atoms with Crippen LogP contribution in [-0.2, 0) is 28.5 Å². The summed E-state index contributed by atoms with van der Waals surface area (Å²) in [5.41, 5.74) is 6.11. The van der Waals surface area contributed by atoms with Crippen LogP contribution in [0.1, 0.15) is 74.1 Å². The maximum Gasteiger partial charge on any atom is 0.235 e. The van der Waals surface area contributed by atoms with E-state index in [4.69, 9.17) is 0 Å². The first-order chi connectivity index (χ1) is 14.7. The molecule has 1 heterocycles. The van der Waals surface area contributed by atoms with Crippen LogP contribution in [0.3, 0.4) is 0 Å². The number of hydrogen-bond acceptors (Lipinski definition) is 2. The van der Waals surface area contributed by atoms with Crippen LogP contribution in [0.25, 0.3) is 10.9 Å². The number of aryl methyl sites for hydroxylation is 2. The SMILES string of the molecule is CC(=O)n1c(C(C)(C)C)cc2cc(NC(=O)C3(c4ccc5c(c4)CCC5)CC3)ccc21. The van der Waals surface area contributed by atoms with E-state index in [0.717, 1.165) is 53.5 Å². The zero-order valence-corrected chi connectivity index (χ0v) is 18.8. The molecule has 1 N–H and O–H groups in total. The molecule has 5 rings (SSSR count). The van der Waals surface area contributed by atoms with Gasteiger partial charge in [0.25, 0.3) is 0 Å². The van der Waals surface area contributed by atoms with Gasteiger partial charge < -0.3 is 5.32 Å². The van der Waals surface area contributed by atoms with Crippen molar-refractivity contribution in [2.45, 2.75) is 70.6 Å². The van der Waals surface area contributed by atoms with Gasteiger partial charge in [-0.3, -0.25) is 14.2 Å². The van der Waals surface area contributed by atoms with E-state index in [1.165, 1.54) is 17.5 Å². The molecule has 0 aliphatic heterocycles. The summed E-state index contributed by atoms with van der Waals surface area (Å²) in [5, 5.41) is 4.14. The van der Waals surface area contributed by atoms with Gasteiger partial charge in [-0.15, -0.1) is 0 Å². The van der Waals surface area contributed by atoms with E-state index in [1.807, 2.05) is 18.2 Å². The zero-order valence-electron chi connectivity index (χ0n) is 18.8. The predicted molar refractivity (Wildman–Crippen MR) is 125 cm³/mol. The molecule has 2 aliphatic carbocycles. The number of anilines is 1. The van der Waals surface area contributed by atoms with Crippen LogP contribution in [0.15, 0.2) is 42.5 Å². The minimum Gasteiger partial charge on any atom is -0.325 e. The molecule has 160 valence electrons. The minimum absolute atomic E-state index is 0.00486. The summed E-state index contributed by atoms with van der Waals surface area (Å²) in [6, 6.07) is 14.5. The first-order valence-electron chi connectivity index (χ1n) is 11.3. The maximum atomic E-state index is 13.3. The molecular formula is C27H30N2O2. The van der Waals surface area contributed by atoms with E-state index >= 15 is 0 Å². The second-order valence-corrected chi connectivity index (χ2v) is 10.3. The lowest BCUT2D eigenvalue weighted by Crippen LogP contribution is -2.28. The Labute approximate surface area is 183 Å². The van der Waals surface area contributed by atoms with Crippen molar-refractivity contribution in [3.8, 4) is 0 Å². The van der Waals surface area contributed by atoms with Gasteiger partial charge in [0.05, 0.1) is 10.9 Å². The van der Waals surface area contributed by atoms with Gasteiger partial charge in [-0.05, 0) is 73.1 Å². The lowest BCUT2D eigenvalue weighted by Gasteiger charge is -2.20. The third-order valence-electron chi connectivity index (χ3n) is 6.98. The van der Waals surface area contributed by atoms with Crippen LogP contribution in [-0.4, -0.2) is 16.4 Å². The normalized spacial score (nSPS) is 16.9. The van der Waals surface area contributed by atoms with E-state index in [-0.39, 0.29) is 17.2 Å². The number of benzene rings is 2. The summed E-state index contributed by atoms with van der Waals surface area (Å²) < 4.78 is 1.79. The third-order valence-corrected chi connectivity index (χ3v) is 6.98. The molecule has 2 aliphatic rings. The monoisotopic (exact) mass is 414 g/mol. The van der Waals surface area contributed by atoms with Crippen molar-refractivity contribution in [3.05, 3.63) is 64.8 Å². The molecule has 4 nitrogen and oxygen atoms in total. The first-order valence-corrected chi connectivity index (χ1v) is 11.3. The predicted octanol–water partition coefficient (Wildman–Crippen LogP) is 5.76. The van der Waals surface area contributed by atoms with Crippen LogP contribution in [0.2, 0.25) is 0 Å². The number of nitrogens with zero attached hydrogens (tertiary/aromatic N) is 1. The van der Waals surface area contributed by atoms with Crippen molar-refractivity contribution >= 4 is 28.4 Å². The molecule has 0 saturated heterocycles. The van der Waals surface area contributed by atoms with Crippen molar-refractivity contribution in [2.24, 2.45) is 0 Å². The molecular weight excluding hydrogens is 384 g/mol. The Morgan fingerprint density at radius 2 is 1.71 bits per heavy atom. The summed E-state index contributed by atoms with van der Waals surface area (Å²) in [6.45, 7) is 7.92. The number of fused-ring (bicyclic) bond motifs is 2. The highest BCUT2D eigenvalue weighted by Crippen LogP contribution is 2.50. The number of carbonyl (C=O) groups excluding carboxylic acids is 2. The van der Waals surface area contributed by atoms with Crippen molar-refractivity contribution < 1.29 is 9.59 Å². The standard InChI is InChI=1S/C27H30N2O2/c1-17(30)29-23-11-10-22(15-20(23)16-24(29)26(2,3)4)28-25(31)27(12-13-27)21-9-8-18-6-5-7-19(18)14-21/h8-11,14-16H,5-7,12-13H2,1-4H3,(H,28,31). The number of aromatic nitrogens is 1. The summed E-state index contributed by atoms with van der Waals surface area (Å²) in [4.78, 5) is 25.6. The van der Waals surface area contributed by atoms with E-state index in [0.29, 0.717) is 0 Å². The van der Waals surface area contributed by atoms with Gasteiger partial charge in [-0.1, -0.05) is 39.0 Å². The fourth-order valence-electron chi connectivity index (χ4n) is 5.08. The number of hydrogen-bond donors (Lipinski definition) is 1. The number of amides is 1. The zero-order chi connectivity index (χ0) is 22.0. The number of nitrogens with one attached hydrogen (secondary N) is 1. The molecule has 0 atom stereocenters. The quantitative estimate of drug-likeness (QED) is 0.592. The first kappa shape index (κ1) is 20.0. The van der Waals surface area contributed by atoms with E-state index in [2.05, 4.69) is 50.4 Å². The van der Waals surface area contributed by atoms with Gasteiger partial charge in [-0.25, -0.2) is 0 Å². The molecule has 1 amide bonds. The summed E-state index contributed by atoms with van der Waals surface area (Å²) in [6.07, 6.45) is 5.30. The summed E-state index contributed by atoms with van der Waals surface area (Å²) >= 11 is 0. The van der Waals surface area contributed by atoms with Crippen molar-refractivity contribution in [1.82, 2.24) is 4.57 Å². The molecule has 1 aromatic heterocycles. The van der Waals surface area contributed by atoms with E-state index in [1.54, 1.807) is 11.5 Å². The lowest BCUT2D eigenvalue weighted by atomic mass is 9.92. The van der Waals surface area contributed by atoms with Gasteiger partial charge in [0, 0.05) is 29.1 Å². The molecule has 0 spiro atoms. The maximum absolute atomic E-state index is 13.3. The topological polar surface area (TPSA) is 51.1 Å². The summed E-state index contributed by atoms with van der Waals surface area (Å²) in [5.74, 6) is 0.0806. The Balaban J connectivity index is 1.45. The Hall–Kier alpha value is -2.88. The molecule has 31 heavy (non-hydrogen) atoms. The smallest absolute Gasteiger partial charge is 0.235 e. The number of rotatable bonds is 3. The molecule has 2 aromatic carbocycles. The fraction of sp³-hybridized carbons (Fsp3) is 0.407. The Morgan fingerprint density at radius 1 is 0.968 bits per heavy atom. The molecule has 1 fully saturated rings. The molecule has 0 radical (unpaired) electrons. The largest absolute Gasteiger partial charge is 0.325 e. The molecule has 1 saturated carbocycles. The Bertz CT molecular complexity index is 1220. The van der Waals surface area contributed by atoms with Gasteiger partial charge >= 0.3 is 0 Å². The molecule has 4 heteroatoms. The van der Waals surface area contributed by atoms with Crippen LogP contribution < -0.4 is 5.32 Å². The highest BCUT2D eigenvalue weighted by molar-refractivity contribution is 6.03. The Kier molecular flexibility index (Phi) is 4.40. The second-order valence-electron chi connectivity index (χ2n) is 10.3. The molecule has 0 bridgehead atoms. The van der Waals surface area contributed by atoms with Crippen molar-refractivity contribution in [3.63, 3.8) is 0 Å². The van der Waals surface area contributed by atoms with Gasteiger partial charge in [0.15, 0.2) is 0 Å². The molecule has 0 unspecified atom stereocenters. The van der Waals surface area contributed by atoms with Crippen molar-refractivity contribution in [1.29, 1.82) is 0 Å². The number of carbonyl (C=O) groups is 2. The minimum atomic E-state index is -0.394. The van der Waals surface area contributed by atoms with Gasteiger partial charge in [0.1, 0.15) is 0 Å². The van der Waals surface area contributed by atoms with Crippen LogP contribution in [0.4, 0.5) is 5.69 Å². The van der Waals surface area contributed by atoms with Crippen LogP contribution in [0, 0.1) is 0 Å². The van der Waals surface area contributed by atoms with Crippen LogP contribution >= 0.6 is 0 Å². The van der Waals surface area contributed by atoms with Gasteiger partial charge in [0.2, 0.25) is 11.8 Å². The summed E-state index contributed by atoms with van der Waals surface area (Å²) in [7, 11) is 0. The van der Waals surface area contributed by atoms with Gasteiger partial charge in [-0.2, -0.15) is 0 Å². The van der Waals surface area contributed by atoms with Crippen molar-refractivity contribution in [2.75, 3.05) is 5.32 Å². The fourth-order valence-corrected chi connectivity index (χ4v) is 5.08. The highest BCUT2D eigenvalue weighted by Gasteiger charge is 2.51. The van der Waals surface area contributed by atoms with E-state index in [9.17, 15) is 9.59 Å². The highest BCUT2D eigenvalue weighted by atomic mass is 16.2. The average molecular weight is 415 g/mol. The second kappa shape index (κ2) is 6.81. The third kappa shape index (κ3) is 3.29. The Morgan fingerprint density at radius 3 is 2.39 bits per heavy atom. The average Bonchev–Trinajstić information content (AvgIpc) is 3.22. The lowest BCUT2D eigenvalue weighted by molar-refractivity contribution is -0.118. The molecule has 3 aromatic rings. The van der Waals surface area contributed by atoms with Crippen LogP contribution in [0.5, 0.6) is 0 Å². The van der Waals surface area contributed by atoms with E-state index < -0.39 is 5.41 Å².